The summed E-state index contributed by atoms with van der Waals surface area (Å²) in [7, 11) is -3.59. The van der Waals surface area contributed by atoms with Crippen LogP contribution in [0.25, 0.3) is 0 Å². The van der Waals surface area contributed by atoms with Crippen molar-refractivity contribution in [1.82, 2.24) is 4.90 Å². The molecule has 2 aromatic rings. The number of carbonyl (C=O) groups excluding carboxylic acids is 1. The lowest BCUT2D eigenvalue weighted by molar-refractivity contribution is -0.133. The quantitative estimate of drug-likeness (QED) is 0.841. The van der Waals surface area contributed by atoms with Gasteiger partial charge >= 0.3 is 0 Å². The fourth-order valence-electron chi connectivity index (χ4n) is 2.91. The van der Waals surface area contributed by atoms with Gasteiger partial charge in [0.05, 0.1) is 16.3 Å². The first-order valence-corrected chi connectivity index (χ1v) is 9.73. The summed E-state index contributed by atoms with van der Waals surface area (Å²) >= 11 is 0. The highest BCUT2D eigenvalue weighted by Gasteiger charge is 2.32. The van der Waals surface area contributed by atoms with Crippen molar-refractivity contribution < 1.29 is 13.2 Å². The Kier molecular flexibility index (Phi) is 4.77. The van der Waals surface area contributed by atoms with Crippen LogP contribution in [0.15, 0.2) is 70.6 Å². The van der Waals surface area contributed by atoms with E-state index in [-0.39, 0.29) is 23.1 Å². The molecule has 5 heteroatoms. The van der Waals surface area contributed by atoms with Crippen LogP contribution in [0.1, 0.15) is 24.5 Å². The first-order chi connectivity index (χ1) is 11.9. The summed E-state index contributed by atoms with van der Waals surface area (Å²) in [6.45, 7) is 4.06. The van der Waals surface area contributed by atoms with Gasteiger partial charge in [-0.25, -0.2) is 8.42 Å². The molecule has 3 rings (SSSR count). The molecule has 0 aliphatic carbocycles. The van der Waals surface area contributed by atoms with Gasteiger partial charge < -0.3 is 4.90 Å². The minimum Gasteiger partial charge on any atom is -0.313 e. The number of allylic oxidation sites excluding steroid dienone is 1. The van der Waals surface area contributed by atoms with Gasteiger partial charge in [0.1, 0.15) is 0 Å². The molecule has 2 aromatic carbocycles. The monoisotopic (exact) mass is 355 g/mol. The Bertz CT molecular complexity index is 900. The molecular weight excluding hydrogens is 334 g/mol. The highest BCUT2D eigenvalue weighted by molar-refractivity contribution is 7.95. The largest absolute Gasteiger partial charge is 0.313 e. The molecule has 0 saturated heterocycles. The normalized spacial score (nSPS) is 18.2. The third-order valence-electron chi connectivity index (χ3n) is 4.38. The van der Waals surface area contributed by atoms with Crippen molar-refractivity contribution in [2.45, 2.75) is 31.7 Å². The number of rotatable bonds is 4. The van der Waals surface area contributed by atoms with E-state index in [2.05, 4.69) is 0 Å². The Labute approximate surface area is 148 Å². The maximum Gasteiger partial charge on any atom is 0.230 e. The summed E-state index contributed by atoms with van der Waals surface area (Å²) in [6, 6.07) is 16.4. The Balaban J connectivity index is 1.95. The Morgan fingerprint density at radius 3 is 2.32 bits per heavy atom. The molecule has 1 aliphatic rings. The third kappa shape index (κ3) is 3.66. The van der Waals surface area contributed by atoms with Crippen LogP contribution in [0.4, 0.5) is 0 Å². The van der Waals surface area contributed by atoms with Crippen molar-refractivity contribution >= 4 is 15.7 Å². The number of hydrogen-bond acceptors (Lipinski definition) is 3. The number of benzene rings is 2. The van der Waals surface area contributed by atoms with E-state index in [0.717, 1.165) is 11.1 Å². The smallest absolute Gasteiger partial charge is 0.230 e. The molecule has 4 nitrogen and oxygen atoms in total. The topological polar surface area (TPSA) is 54.5 Å². The van der Waals surface area contributed by atoms with E-state index in [1.807, 2.05) is 37.3 Å². The molecule has 1 heterocycles. The van der Waals surface area contributed by atoms with Gasteiger partial charge in [-0.05, 0) is 31.0 Å². The second-order valence-electron chi connectivity index (χ2n) is 6.47. The van der Waals surface area contributed by atoms with E-state index in [0.29, 0.717) is 11.4 Å². The zero-order chi connectivity index (χ0) is 18.0. The number of amides is 1. The van der Waals surface area contributed by atoms with Gasteiger partial charge in [0.25, 0.3) is 0 Å². The molecule has 130 valence electrons. The molecule has 0 N–H and O–H groups in total. The fraction of sp³-hybridized carbons (Fsp3) is 0.250. The average molecular weight is 355 g/mol. The van der Waals surface area contributed by atoms with E-state index in [9.17, 15) is 13.2 Å². The SMILES string of the molecule is Cc1ccc(S(=O)(=O)C2=CN(Cc3ccccc3)C(=O)C(C)C2)cc1. The van der Waals surface area contributed by atoms with Gasteiger partial charge in [-0.3, -0.25) is 4.79 Å². The zero-order valence-corrected chi connectivity index (χ0v) is 15.2. The van der Waals surface area contributed by atoms with Gasteiger partial charge in [-0.1, -0.05) is 55.0 Å². The minimum absolute atomic E-state index is 0.0493. The molecule has 1 unspecified atom stereocenters. The second-order valence-corrected chi connectivity index (χ2v) is 8.47. The number of nitrogens with zero attached hydrogens (tertiary/aromatic N) is 1. The zero-order valence-electron chi connectivity index (χ0n) is 14.3. The number of sulfone groups is 1. The van der Waals surface area contributed by atoms with Crippen LogP contribution in [0.2, 0.25) is 0 Å². The number of hydrogen-bond donors (Lipinski definition) is 0. The minimum atomic E-state index is -3.59. The van der Waals surface area contributed by atoms with Crippen LogP contribution in [0, 0.1) is 12.8 Å². The summed E-state index contributed by atoms with van der Waals surface area (Å²) in [5.41, 5.74) is 1.97. The third-order valence-corrected chi connectivity index (χ3v) is 6.24. The van der Waals surface area contributed by atoms with Gasteiger partial charge in [0.15, 0.2) is 0 Å². The molecule has 0 spiro atoms. The van der Waals surface area contributed by atoms with Crippen LogP contribution in [-0.4, -0.2) is 19.2 Å². The van der Waals surface area contributed by atoms with E-state index in [1.54, 1.807) is 31.2 Å². The highest BCUT2D eigenvalue weighted by Crippen LogP contribution is 2.30. The highest BCUT2D eigenvalue weighted by atomic mass is 32.2. The standard InChI is InChI=1S/C20H21NO3S/c1-15-8-10-18(11-9-15)25(23,24)19-12-16(2)20(22)21(14-19)13-17-6-4-3-5-7-17/h3-11,14,16H,12-13H2,1-2H3. The van der Waals surface area contributed by atoms with Gasteiger partial charge in [-0.15, -0.1) is 0 Å². The van der Waals surface area contributed by atoms with E-state index in [1.165, 1.54) is 11.1 Å². The summed E-state index contributed by atoms with van der Waals surface area (Å²) in [6.07, 6.45) is 1.74. The second kappa shape index (κ2) is 6.84. The summed E-state index contributed by atoms with van der Waals surface area (Å²) < 4.78 is 25.9. The van der Waals surface area contributed by atoms with Crippen molar-refractivity contribution in [2.24, 2.45) is 5.92 Å². The molecule has 25 heavy (non-hydrogen) atoms. The van der Waals surface area contributed by atoms with Gasteiger partial charge in [0, 0.05) is 12.1 Å². The van der Waals surface area contributed by atoms with Crippen molar-refractivity contribution in [3.8, 4) is 0 Å². The van der Waals surface area contributed by atoms with E-state index >= 15 is 0 Å². The Morgan fingerprint density at radius 1 is 1.04 bits per heavy atom. The summed E-state index contributed by atoms with van der Waals surface area (Å²) in [5, 5.41) is 0. The van der Waals surface area contributed by atoms with Crippen LogP contribution in [-0.2, 0) is 21.2 Å². The summed E-state index contributed by atoms with van der Waals surface area (Å²) in [5.74, 6) is -0.407. The molecule has 1 aliphatic heterocycles. The number of aryl methyl sites for hydroxylation is 1. The van der Waals surface area contributed by atoms with Crippen LogP contribution >= 0.6 is 0 Å². The molecule has 0 fully saturated rings. The maximum absolute atomic E-state index is 12.9. The van der Waals surface area contributed by atoms with Crippen LogP contribution < -0.4 is 0 Å². The Morgan fingerprint density at radius 2 is 1.68 bits per heavy atom. The summed E-state index contributed by atoms with van der Waals surface area (Å²) in [4.78, 5) is 14.5. The number of carbonyl (C=O) groups is 1. The lowest BCUT2D eigenvalue weighted by atomic mass is 10.0. The molecule has 0 radical (unpaired) electrons. The molecule has 1 amide bonds. The first-order valence-electron chi connectivity index (χ1n) is 8.25. The molecule has 0 aromatic heterocycles. The van der Waals surface area contributed by atoms with Gasteiger partial charge in [-0.2, -0.15) is 0 Å². The first kappa shape index (κ1) is 17.4. The van der Waals surface area contributed by atoms with Crippen molar-refractivity contribution in [1.29, 1.82) is 0 Å². The van der Waals surface area contributed by atoms with Gasteiger partial charge in [0.2, 0.25) is 15.7 Å². The molecule has 0 bridgehead atoms. The molecule has 1 atom stereocenters. The van der Waals surface area contributed by atoms with E-state index < -0.39 is 9.84 Å². The fourth-order valence-corrected chi connectivity index (χ4v) is 4.45. The predicted octanol–water partition coefficient (Wildman–Crippen LogP) is 3.68. The predicted molar refractivity (Wildman–Crippen MR) is 97.2 cm³/mol. The molecular formula is C20H21NO3S. The van der Waals surface area contributed by atoms with Crippen molar-refractivity contribution in [2.75, 3.05) is 0 Å². The van der Waals surface area contributed by atoms with Crippen molar-refractivity contribution in [3.05, 3.63) is 76.8 Å². The average Bonchev–Trinajstić information content (AvgIpc) is 2.60. The molecule has 0 saturated carbocycles. The maximum atomic E-state index is 12.9. The lowest BCUT2D eigenvalue weighted by Gasteiger charge is -2.29. The van der Waals surface area contributed by atoms with E-state index in [4.69, 9.17) is 0 Å². The van der Waals surface area contributed by atoms with Crippen LogP contribution in [0.3, 0.4) is 0 Å². The van der Waals surface area contributed by atoms with Crippen LogP contribution in [0.5, 0.6) is 0 Å². The Hall–Kier alpha value is -2.40. The lowest BCUT2D eigenvalue weighted by Crippen LogP contribution is -2.35. The van der Waals surface area contributed by atoms with Crippen molar-refractivity contribution in [3.63, 3.8) is 0 Å².